The number of benzene rings is 1. The third kappa shape index (κ3) is 6.62. The van der Waals surface area contributed by atoms with Gasteiger partial charge in [-0.05, 0) is 77.5 Å². The van der Waals surface area contributed by atoms with Crippen molar-refractivity contribution in [3.63, 3.8) is 0 Å². The fraction of sp³-hybridized carbons (Fsp3) is 0.429. The Morgan fingerprint density at radius 2 is 1.05 bits per heavy atom. The Morgan fingerprint density at radius 3 is 1.43 bits per heavy atom. The van der Waals surface area contributed by atoms with Crippen LogP contribution in [0.15, 0.2) is 53.1 Å². The van der Waals surface area contributed by atoms with Gasteiger partial charge in [-0.3, -0.25) is 0 Å². The van der Waals surface area contributed by atoms with Gasteiger partial charge in [0.05, 0.1) is 0 Å². The monoisotopic (exact) mass is 282 g/mol. The molecule has 0 heteroatoms. The van der Waals surface area contributed by atoms with E-state index in [1.54, 1.807) is 0 Å². The summed E-state index contributed by atoms with van der Waals surface area (Å²) < 4.78 is 0. The molecule has 0 aliphatic carbocycles. The van der Waals surface area contributed by atoms with Crippen LogP contribution in [-0.2, 0) is 19.3 Å². The molecule has 0 amide bonds. The van der Waals surface area contributed by atoms with Crippen molar-refractivity contribution < 1.29 is 0 Å². The second-order valence-electron chi connectivity index (χ2n) is 6.51. The van der Waals surface area contributed by atoms with Crippen molar-refractivity contribution in [1.29, 1.82) is 0 Å². The molecule has 114 valence electrons. The van der Waals surface area contributed by atoms with E-state index < -0.39 is 0 Å². The maximum atomic E-state index is 2.34. The summed E-state index contributed by atoms with van der Waals surface area (Å²) in [6.07, 6.45) is 10.1. The van der Waals surface area contributed by atoms with Crippen molar-refractivity contribution in [1.82, 2.24) is 0 Å². The van der Waals surface area contributed by atoms with Crippen molar-refractivity contribution in [2.24, 2.45) is 0 Å². The molecular weight excluding hydrogens is 252 g/mol. The fourth-order valence-corrected chi connectivity index (χ4v) is 2.27. The first-order valence-corrected chi connectivity index (χ1v) is 7.90. The van der Waals surface area contributed by atoms with E-state index in [2.05, 4.69) is 78.0 Å². The van der Waals surface area contributed by atoms with E-state index in [-0.39, 0.29) is 0 Å². The third-order valence-electron chi connectivity index (χ3n) is 3.54. The Labute approximate surface area is 131 Å². The molecule has 1 rings (SSSR count). The van der Waals surface area contributed by atoms with E-state index in [9.17, 15) is 0 Å². The van der Waals surface area contributed by atoms with Crippen LogP contribution in [0.25, 0.3) is 0 Å². The molecule has 0 aliphatic heterocycles. The highest BCUT2D eigenvalue weighted by Gasteiger charge is 2.06. The average molecular weight is 282 g/mol. The standard InChI is InChI=1S/C21H30/c1-16(2)10-13-19-8-7-9-20(14-11-17(3)4)21(19)15-12-18(5)6/h7-12H,13-15H2,1-6H3. The van der Waals surface area contributed by atoms with Crippen LogP contribution in [0.5, 0.6) is 0 Å². The van der Waals surface area contributed by atoms with Crippen LogP contribution in [0.4, 0.5) is 0 Å². The van der Waals surface area contributed by atoms with E-state index >= 15 is 0 Å². The summed E-state index contributed by atoms with van der Waals surface area (Å²) in [4.78, 5) is 0. The fourth-order valence-electron chi connectivity index (χ4n) is 2.27. The zero-order chi connectivity index (χ0) is 15.8. The smallest absolute Gasteiger partial charge is 0.00893 e. The summed E-state index contributed by atoms with van der Waals surface area (Å²) in [7, 11) is 0. The number of allylic oxidation sites excluding steroid dienone is 6. The van der Waals surface area contributed by atoms with Gasteiger partial charge in [0.25, 0.3) is 0 Å². The molecule has 0 aromatic heterocycles. The van der Waals surface area contributed by atoms with Gasteiger partial charge in [0.15, 0.2) is 0 Å². The second kappa shape index (κ2) is 8.67. The van der Waals surface area contributed by atoms with E-state index in [0.29, 0.717) is 0 Å². The molecule has 0 nitrogen and oxygen atoms in total. The van der Waals surface area contributed by atoms with Gasteiger partial charge in [0, 0.05) is 0 Å². The van der Waals surface area contributed by atoms with E-state index in [1.165, 1.54) is 33.4 Å². The van der Waals surface area contributed by atoms with Crippen LogP contribution in [0.1, 0.15) is 58.2 Å². The Bertz CT molecular complexity index is 503. The minimum absolute atomic E-state index is 1.04. The Kier molecular flexibility index (Phi) is 7.22. The van der Waals surface area contributed by atoms with Gasteiger partial charge in [0.2, 0.25) is 0 Å². The molecule has 0 heterocycles. The molecule has 0 bridgehead atoms. The van der Waals surface area contributed by atoms with Gasteiger partial charge in [-0.25, -0.2) is 0 Å². The molecule has 0 saturated carbocycles. The lowest BCUT2D eigenvalue weighted by Gasteiger charge is -2.12. The molecule has 0 spiro atoms. The maximum Gasteiger partial charge on any atom is -0.00893 e. The molecule has 0 fully saturated rings. The predicted molar refractivity (Wildman–Crippen MR) is 95.8 cm³/mol. The Hall–Kier alpha value is -1.56. The molecule has 0 aliphatic rings. The largest absolute Gasteiger partial charge is 0.0815 e. The minimum Gasteiger partial charge on any atom is -0.0815 e. The van der Waals surface area contributed by atoms with Gasteiger partial charge < -0.3 is 0 Å². The SMILES string of the molecule is CC(C)=CCc1cccc(CC=C(C)C)c1CC=C(C)C. The highest BCUT2D eigenvalue weighted by molar-refractivity contribution is 5.39. The first-order chi connectivity index (χ1) is 9.90. The lowest BCUT2D eigenvalue weighted by atomic mass is 9.93. The number of rotatable bonds is 6. The van der Waals surface area contributed by atoms with Gasteiger partial charge >= 0.3 is 0 Å². The quantitative estimate of drug-likeness (QED) is 0.544. The summed E-state index contributed by atoms with van der Waals surface area (Å²) >= 11 is 0. The second-order valence-corrected chi connectivity index (χ2v) is 6.51. The van der Waals surface area contributed by atoms with Gasteiger partial charge in [-0.1, -0.05) is 53.1 Å². The highest BCUT2D eigenvalue weighted by Crippen LogP contribution is 2.20. The summed E-state index contributed by atoms with van der Waals surface area (Å²) in [5, 5.41) is 0. The van der Waals surface area contributed by atoms with Crippen molar-refractivity contribution in [3.8, 4) is 0 Å². The van der Waals surface area contributed by atoms with Gasteiger partial charge in [-0.2, -0.15) is 0 Å². The Morgan fingerprint density at radius 1 is 0.667 bits per heavy atom. The first-order valence-electron chi connectivity index (χ1n) is 7.90. The summed E-state index contributed by atoms with van der Waals surface area (Å²) in [6, 6.07) is 6.76. The van der Waals surface area contributed by atoms with Crippen LogP contribution < -0.4 is 0 Å². The molecule has 0 unspecified atom stereocenters. The first kappa shape index (κ1) is 17.5. The molecule has 1 aromatic rings. The third-order valence-corrected chi connectivity index (χ3v) is 3.54. The predicted octanol–water partition coefficient (Wildman–Crippen LogP) is 6.21. The van der Waals surface area contributed by atoms with Crippen LogP contribution in [-0.4, -0.2) is 0 Å². The van der Waals surface area contributed by atoms with Crippen molar-refractivity contribution in [2.75, 3.05) is 0 Å². The molecule has 0 atom stereocenters. The van der Waals surface area contributed by atoms with E-state index in [4.69, 9.17) is 0 Å². The molecule has 0 N–H and O–H groups in total. The summed E-state index contributed by atoms with van der Waals surface area (Å²) in [6.45, 7) is 13.0. The van der Waals surface area contributed by atoms with Gasteiger partial charge in [-0.15, -0.1) is 0 Å². The zero-order valence-electron chi connectivity index (χ0n) is 14.6. The molecular formula is C21H30. The van der Waals surface area contributed by atoms with Crippen molar-refractivity contribution in [2.45, 2.75) is 60.8 Å². The lowest BCUT2D eigenvalue weighted by Crippen LogP contribution is -1.99. The molecule has 0 saturated heterocycles. The minimum atomic E-state index is 1.04. The maximum absolute atomic E-state index is 2.34. The van der Waals surface area contributed by atoms with Crippen LogP contribution in [0, 0.1) is 0 Å². The van der Waals surface area contributed by atoms with E-state index in [0.717, 1.165) is 19.3 Å². The summed E-state index contributed by atoms with van der Waals surface area (Å²) in [5.74, 6) is 0. The molecule has 0 radical (unpaired) electrons. The van der Waals surface area contributed by atoms with Crippen LogP contribution in [0.3, 0.4) is 0 Å². The van der Waals surface area contributed by atoms with Crippen molar-refractivity contribution >= 4 is 0 Å². The topological polar surface area (TPSA) is 0 Å². The average Bonchev–Trinajstić information content (AvgIpc) is 2.40. The van der Waals surface area contributed by atoms with Crippen LogP contribution >= 0.6 is 0 Å². The molecule has 21 heavy (non-hydrogen) atoms. The Balaban J connectivity index is 3.16. The summed E-state index contributed by atoms with van der Waals surface area (Å²) in [5.41, 5.74) is 8.60. The zero-order valence-corrected chi connectivity index (χ0v) is 14.6. The number of hydrogen-bond acceptors (Lipinski definition) is 0. The number of hydrogen-bond donors (Lipinski definition) is 0. The van der Waals surface area contributed by atoms with E-state index in [1.807, 2.05) is 0 Å². The van der Waals surface area contributed by atoms with Gasteiger partial charge in [0.1, 0.15) is 0 Å². The molecule has 1 aromatic carbocycles. The highest BCUT2D eigenvalue weighted by atomic mass is 14.1. The lowest BCUT2D eigenvalue weighted by molar-refractivity contribution is 1.06. The van der Waals surface area contributed by atoms with Crippen LogP contribution in [0.2, 0.25) is 0 Å². The van der Waals surface area contributed by atoms with Crippen molar-refractivity contribution in [3.05, 3.63) is 69.8 Å². The normalized spacial score (nSPS) is 10.0.